The molecule has 1 aromatic carbocycles. The van der Waals surface area contributed by atoms with Crippen molar-refractivity contribution in [2.24, 2.45) is 0 Å². The summed E-state index contributed by atoms with van der Waals surface area (Å²) < 4.78 is 7.93. The average molecular weight is 369 g/mol. The van der Waals surface area contributed by atoms with E-state index in [0.29, 0.717) is 19.1 Å². The second-order valence-corrected chi connectivity index (χ2v) is 7.44. The van der Waals surface area contributed by atoms with Gasteiger partial charge < -0.3 is 14.2 Å². The zero-order valence-electron chi connectivity index (χ0n) is 15.6. The van der Waals surface area contributed by atoms with Crippen molar-refractivity contribution in [3.63, 3.8) is 0 Å². The highest BCUT2D eigenvalue weighted by Gasteiger charge is 2.28. The molecule has 2 aliphatic rings. The Labute approximate surface area is 159 Å². The Morgan fingerprint density at radius 3 is 2.56 bits per heavy atom. The number of ether oxygens (including phenoxy) is 1. The molecule has 1 atom stereocenters. The topological polar surface area (TPSA) is 63.5 Å². The van der Waals surface area contributed by atoms with Crippen LogP contribution >= 0.6 is 0 Å². The van der Waals surface area contributed by atoms with E-state index in [1.54, 1.807) is 12.7 Å². The molecule has 2 saturated heterocycles. The fraction of sp³-hybridized carbons (Fsp3) is 0.550. The summed E-state index contributed by atoms with van der Waals surface area (Å²) in [7, 11) is 0. The van der Waals surface area contributed by atoms with Crippen LogP contribution in [0.15, 0.2) is 43.0 Å². The Kier molecular flexibility index (Phi) is 5.79. The van der Waals surface area contributed by atoms with Crippen LogP contribution in [0.4, 0.5) is 0 Å². The fourth-order valence-corrected chi connectivity index (χ4v) is 4.02. The van der Waals surface area contributed by atoms with E-state index in [1.165, 1.54) is 5.56 Å². The molecule has 3 heterocycles. The number of amides is 1. The molecule has 2 aromatic rings. The van der Waals surface area contributed by atoms with Crippen molar-refractivity contribution in [3.05, 3.63) is 48.5 Å². The number of carbonyl (C=O) groups excluding carboxylic acids is 1. The van der Waals surface area contributed by atoms with Gasteiger partial charge in [0.1, 0.15) is 12.7 Å². The van der Waals surface area contributed by atoms with E-state index in [0.717, 1.165) is 45.6 Å². The fourth-order valence-electron chi connectivity index (χ4n) is 4.02. The van der Waals surface area contributed by atoms with Gasteiger partial charge in [0.05, 0.1) is 19.1 Å². The zero-order chi connectivity index (χ0) is 18.5. The number of nitrogens with zero attached hydrogens (tertiary/aromatic N) is 5. The summed E-state index contributed by atoms with van der Waals surface area (Å²) in [4.78, 5) is 17.1. The number of benzene rings is 1. The maximum absolute atomic E-state index is 12.7. The maximum Gasteiger partial charge on any atom is 0.225 e. The molecule has 0 spiro atoms. The average Bonchev–Trinajstić information content (AvgIpc) is 3.24. The molecule has 0 aliphatic carbocycles. The van der Waals surface area contributed by atoms with Crippen LogP contribution in [0.3, 0.4) is 0 Å². The summed E-state index contributed by atoms with van der Waals surface area (Å²) >= 11 is 0. The molecule has 1 amide bonds. The maximum atomic E-state index is 12.7. The summed E-state index contributed by atoms with van der Waals surface area (Å²) in [6.07, 6.45) is 5.90. The Hall–Kier alpha value is -2.25. The first-order valence-corrected chi connectivity index (χ1v) is 9.78. The van der Waals surface area contributed by atoms with Crippen molar-refractivity contribution in [2.45, 2.75) is 38.0 Å². The second kappa shape index (κ2) is 8.63. The van der Waals surface area contributed by atoms with E-state index < -0.39 is 0 Å². The predicted octanol–water partition coefficient (Wildman–Crippen LogP) is 1.73. The molecule has 144 valence electrons. The predicted molar refractivity (Wildman–Crippen MR) is 101 cm³/mol. The molecule has 0 N–H and O–H groups in total. The number of carbonyl (C=O) groups is 1. The number of hydrogen-bond acceptors (Lipinski definition) is 5. The van der Waals surface area contributed by atoms with Gasteiger partial charge in [-0.3, -0.25) is 9.69 Å². The van der Waals surface area contributed by atoms with Gasteiger partial charge in [0.2, 0.25) is 5.91 Å². The van der Waals surface area contributed by atoms with Crippen LogP contribution < -0.4 is 0 Å². The lowest BCUT2D eigenvalue weighted by molar-refractivity contribution is -0.137. The highest BCUT2D eigenvalue weighted by Crippen LogP contribution is 2.23. The van der Waals surface area contributed by atoms with E-state index in [9.17, 15) is 4.79 Å². The summed E-state index contributed by atoms with van der Waals surface area (Å²) in [5, 5.41) is 7.75. The smallest absolute Gasteiger partial charge is 0.225 e. The molecule has 27 heavy (non-hydrogen) atoms. The molecule has 7 heteroatoms. The number of likely N-dealkylation sites (tertiary alicyclic amines) is 1. The standard InChI is InChI=1S/C20H27N5O2/c26-20(24-8-6-18(7-9-24)25-15-21-22-16-25)12-19-14-23(10-11-27-19)13-17-4-2-1-3-5-17/h1-5,15-16,18-19H,6-14H2/t19-/m1/s1. The van der Waals surface area contributed by atoms with Gasteiger partial charge in [-0.05, 0) is 18.4 Å². The molecule has 7 nitrogen and oxygen atoms in total. The minimum atomic E-state index is -0.00876. The van der Waals surface area contributed by atoms with E-state index in [1.807, 2.05) is 15.5 Å². The van der Waals surface area contributed by atoms with Crippen LogP contribution in [0, 0.1) is 0 Å². The highest BCUT2D eigenvalue weighted by molar-refractivity contribution is 5.76. The van der Waals surface area contributed by atoms with E-state index in [2.05, 4.69) is 39.4 Å². The van der Waals surface area contributed by atoms with Gasteiger partial charge in [0.25, 0.3) is 0 Å². The summed E-state index contributed by atoms with van der Waals surface area (Å²) in [6.45, 7) is 4.94. The monoisotopic (exact) mass is 369 g/mol. The molecule has 2 fully saturated rings. The minimum Gasteiger partial charge on any atom is -0.375 e. The largest absolute Gasteiger partial charge is 0.375 e. The van der Waals surface area contributed by atoms with Crippen LogP contribution in [-0.2, 0) is 16.1 Å². The molecule has 0 unspecified atom stereocenters. The number of morpholine rings is 1. The summed E-state index contributed by atoms with van der Waals surface area (Å²) in [5.41, 5.74) is 1.31. The highest BCUT2D eigenvalue weighted by atomic mass is 16.5. The Bertz CT molecular complexity index is 713. The number of rotatable bonds is 5. The zero-order valence-corrected chi connectivity index (χ0v) is 15.6. The third-order valence-corrected chi connectivity index (χ3v) is 5.55. The van der Waals surface area contributed by atoms with Gasteiger partial charge in [-0.2, -0.15) is 0 Å². The molecule has 0 bridgehead atoms. The van der Waals surface area contributed by atoms with Gasteiger partial charge in [0.15, 0.2) is 0 Å². The number of piperidine rings is 1. The molecule has 4 rings (SSSR count). The Balaban J connectivity index is 1.24. The first-order valence-electron chi connectivity index (χ1n) is 9.78. The van der Waals surface area contributed by atoms with Crippen molar-refractivity contribution in [2.75, 3.05) is 32.8 Å². The van der Waals surface area contributed by atoms with Crippen LogP contribution in [0.1, 0.15) is 30.9 Å². The van der Waals surface area contributed by atoms with Gasteiger partial charge in [0, 0.05) is 38.8 Å². The van der Waals surface area contributed by atoms with Crippen LogP contribution in [0.5, 0.6) is 0 Å². The lowest BCUT2D eigenvalue weighted by Crippen LogP contribution is -2.46. The van der Waals surface area contributed by atoms with Gasteiger partial charge in [-0.1, -0.05) is 30.3 Å². The van der Waals surface area contributed by atoms with E-state index in [-0.39, 0.29) is 12.0 Å². The van der Waals surface area contributed by atoms with Crippen LogP contribution in [-0.4, -0.2) is 69.4 Å². The first kappa shape index (κ1) is 18.1. The Morgan fingerprint density at radius 2 is 1.81 bits per heavy atom. The SMILES string of the molecule is O=C(C[C@@H]1CN(Cc2ccccc2)CCO1)N1CCC(n2cnnc2)CC1. The summed E-state index contributed by atoms with van der Waals surface area (Å²) in [6, 6.07) is 10.9. The molecule has 0 saturated carbocycles. The lowest BCUT2D eigenvalue weighted by atomic mass is 10.0. The quantitative estimate of drug-likeness (QED) is 0.803. The Morgan fingerprint density at radius 1 is 1.07 bits per heavy atom. The van der Waals surface area contributed by atoms with Gasteiger partial charge >= 0.3 is 0 Å². The van der Waals surface area contributed by atoms with Gasteiger partial charge in [-0.25, -0.2) is 0 Å². The van der Waals surface area contributed by atoms with Crippen LogP contribution in [0.2, 0.25) is 0 Å². The molecular weight excluding hydrogens is 342 g/mol. The second-order valence-electron chi connectivity index (χ2n) is 7.44. The van der Waals surface area contributed by atoms with Crippen molar-refractivity contribution in [1.29, 1.82) is 0 Å². The molecule has 2 aliphatic heterocycles. The third kappa shape index (κ3) is 4.73. The normalized spacial score (nSPS) is 22.1. The third-order valence-electron chi connectivity index (χ3n) is 5.55. The van der Waals surface area contributed by atoms with Crippen molar-refractivity contribution >= 4 is 5.91 Å². The van der Waals surface area contributed by atoms with Crippen molar-refractivity contribution in [1.82, 2.24) is 24.6 Å². The van der Waals surface area contributed by atoms with Crippen molar-refractivity contribution < 1.29 is 9.53 Å². The van der Waals surface area contributed by atoms with E-state index in [4.69, 9.17) is 4.74 Å². The minimum absolute atomic E-state index is 0.00876. The first-order chi connectivity index (χ1) is 13.3. The number of aromatic nitrogens is 3. The lowest BCUT2D eigenvalue weighted by Gasteiger charge is -2.36. The van der Waals surface area contributed by atoms with Crippen molar-refractivity contribution in [3.8, 4) is 0 Å². The number of hydrogen-bond donors (Lipinski definition) is 0. The van der Waals surface area contributed by atoms with E-state index >= 15 is 0 Å². The molecular formula is C20H27N5O2. The molecule has 1 aromatic heterocycles. The van der Waals surface area contributed by atoms with Crippen LogP contribution in [0.25, 0.3) is 0 Å². The summed E-state index contributed by atoms with van der Waals surface area (Å²) in [5.74, 6) is 0.212. The van der Waals surface area contributed by atoms with Gasteiger partial charge in [-0.15, -0.1) is 10.2 Å². The molecule has 0 radical (unpaired) electrons.